The second-order valence-corrected chi connectivity index (χ2v) is 10.7. The van der Waals surface area contributed by atoms with E-state index in [9.17, 15) is 4.79 Å². The summed E-state index contributed by atoms with van der Waals surface area (Å²) in [5.74, 6) is 2.08. The van der Waals surface area contributed by atoms with Gasteiger partial charge in [-0.25, -0.2) is 4.68 Å². The van der Waals surface area contributed by atoms with E-state index in [2.05, 4.69) is 55.7 Å². The summed E-state index contributed by atoms with van der Waals surface area (Å²) < 4.78 is 13.5. The summed E-state index contributed by atoms with van der Waals surface area (Å²) >= 11 is 0. The third-order valence-corrected chi connectivity index (χ3v) is 8.04. The first-order chi connectivity index (χ1) is 19.2. The minimum Gasteiger partial charge on any atom is -0.494 e. The molecule has 0 spiro atoms. The molecule has 0 radical (unpaired) electrons. The summed E-state index contributed by atoms with van der Waals surface area (Å²) in [4.78, 5) is 19.0. The van der Waals surface area contributed by atoms with Gasteiger partial charge in [0.2, 0.25) is 0 Å². The number of aromatic nitrogens is 5. The second-order valence-electron chi connectivity index (χ2n) is 10.7. The van der Waals surface area contributed by atoms with Crippen molar-refractivity contribution < 1.29 is 9.47 Å². The summed E-state index contributed by atoms with van der Waals surface area (Å²) in [6, 6.07) is 18.1. The Morgan fingerprint density at radius 1 is 1.10 bits per heavy atom. The summed E-state index contributed by atoms with van der Waals surface area (Å²) in [6.07, 6.45) is 5.32. The molecule has 39 heavy (non-hydrogen) atoms. The zero-order valence-corrected chi connectivity index (χ0v) is 22.5. The topological polar surface area (TPSA) is 98.2 Å². The lowest BCUT2D eigenvalue weighted by Gasteiger charge is -2.37. The fraction of sp³-hybridized carbons (Fsp3) is 0.467. The van der Waals surface area contributed by atoms with Gasteiger partial charge in [-0.15, -0.1) is 5.10 Å². The molecule has 9 heteroatoms. The molecule has 6 rings (SSSR count). The van der Waals surface area contributed by atoms with Gasteiger partial charge in [-0.05, 0) is 98.3 Å². The van der Waals surface area contributed by atoms with Crippen molar-refractivity contribution >= 4 is 10.9 Å². The highest BCUT2D eigenvalue weighted by atomic mass is 16.5. The minimum absolute atomic E-state index is 0.0909. The van der Waals surface area contributed by atoms with Crippen LogP contribution in [0, 0.1) is 5.92 Å². The van der Waals surface area contributed by atoms with Gasteiger partial charge in [-0.2, -0.15) is 0 Å². The fourth-order valence-electron chi connectivity index (χ4n) is 6.04. The van der Waals surface area contributed by atoms with Gasteiger partial charge in [0.15, 0.2) is 5.82 Å². The number of tetrazole rings is 1. The van der Waals surface area contributed by atoms with Crippen LogP contribution in [0.3, 0.4) is 0 Å². The van der Waals surface area contributed by atoms with Crippen molar-refractivity contribution in [2.24, 2.45) is 5.92 Å². The first-order valence-corrected chi connectivity index (χ1v) is 14.1. The van der Waals surface area contributed by atoms with Crippen LogP contribution in [0.1, 0.15) is 55.6 Å². The number of hydrogen-bond acceptors (Lipinski definition) is 7. The minimum atomic E-state index is -0.358. The average Bonchev–Trinajstić information content (AvgIpc) is 3.64. The maximum atomic E-state index is 13.6. The molecular formula is C30H36N6O3. The molecule has 4 heterocycles. The molecule has 2 aromatic carbocycles. The molecule has 4 aromatic rings. The lowest BCUT2D eigenvalue weighted by atomic mass is 9.89. The van der Waals surface area contributed by atoms with Crippen LogP contribution in [-0.4, -0.2) is 62.5 Å². The van der Waals surface area contributed by atoms with E-state index in [4.69, 9.17) is 9.47 Å². The summed E-state index contributed by atoms with van der Waals surface area (Å²) in [5.41, 5.74) is 2.70. The maximum Gasteiger partial charge on any atom is 0.253 e. The number of fused-ring (bicyclic) bond motifs is 1. The zero-order chi connectivity index (χ0) is 26.6. The van der Waals surface area contributed by atoms with E-state index >= 15 is 0 Å². The first kappa shape index (κ1) is 25.7. The number of nitrogens with zero attached hydrogens (tertiary/aromatic N) is 5. The van der Waals surface area contributed by atoms with Crippen LogP contribution < -0.4 is 10.3 Å². The third-order valence-electron chi connectivity index (χ3n) is 8.04. The SMILES string of the molecule is CCOc1ccc2[nH]c(=O)c([C@H](c3nnnn3C[C@H]3CCCO3)N3CCC(Cc4ccccc4)CC3)cc2c1. The van der Waals surface area contributed by atoms with Gasteiger partial charge < -0.3 is 14.5 Å². The summed E-state index contributed by atoms with van der Waals surface area (Å²) in [5, 5.41) is 13.8. The second kappa shape index (κ2) is 11.7. The van der Waals surface area contributed by atoms with Crippen LogP contribution in [-0.2, 0) is 17.7 Å². The molecule has 204 valence electrons. The molecule has 0 saturated carbocycles. The normalized spacial score (nSPS) is 19.5. The molecular weight excluding hydrogens is 492 g/mol. The van der Waals surface area contributed by atoms with Crippen molar-refractivity contribution in [3.8, 4) is 5.75 Å². The number of pyridine rings is 1. The van der Waals surface area contributed by atoms with Crippen LogP contribution in [0.2, 0.25) is 0 Å². The van der Waals surface area contributed by atoms with Crippen molar-refractivity contribution in [1.29, 1.82) is 0 Å². The van der Waals surface area contributed by atoms with Crippen LogP contribution in [0.15, 0.2) is 59.4 Å². The molecule has 9 nitrogen and oxygen atoms in total. The van der Waals surface area contributed by atoms with Crippen molar-refractivity contribution in [1.82, 2.24) is 30.1 Å². The third kappa shape index (κ3) is 5.74. The van der Waals surface area contributed by atoms with E-state index in [1.807, 2.05) is 35.9 Å². The van der Waals surface area contributed by atoms with Crippen molar-refractivity contribution in [3.63, 3.8) is 0 Å². The van der Waals surface area contributed by atoms with Gasteiger partial charge >= 0.3 is 0 Å². The van der Waals surface area contributed by atoms with Crippen LogP contribution in [0.5, 0.6) is 5.75 Å². The smallest absolute Gasteiger partial charge is 0.253 e. The van der Waals surface area contributed by atoms with Crippen molar-refractivity contribution in [3.05, 3.63) is 81.9 Å². The zero-order valence-electron chi connectivity index (χ0n) is 22.5. The van der Waals surface area contributed by atoms with Gasteiger partial charge in [-0.3, -0.25) is 9.69 Å². The van der Waals surface area contributed by atoms with E-state index in [0.29, 0.717) is 30.5 Å². The van der Waals surface area contributed by atoms with Gasteiger partial charge in [-0.1, -0.05) is 30.3 Å². The Bertz CT molecular complexity index is 1440. The number of H-pyrrole nitrogens is 1. The van der Waals surface area contributed by atoms with Crippen LogP contribution >= 0.6 is 0 Å². The highest BCUT2D eigenvalue weighted by molar-refractivity contribution is 5.80. The quantitative estimate of drug-likeness (QED) is 0.349. The number of hydrogen-bond donors (Lipinski definition) is 1. The Morgan fingerprint density at radius 3 is 2.72 bits per heavy atom. The predicted octanol–water partition coefficient (Wildman–Crippen LogP) is 4.14. The molecule has 2 atom stereocenters. The Morgan fingerprint density at radius 2 is 1.95 bits per heavy atom. The van der Waals surface area contributed by atoms with Gasteiger partial charge in [0.25, 0.3) is 5.56 Å². The fourth-order valence-corrected chi connectivity index (χ4v) is 6.04. The Kier molecular flexibility index (Phi) is 7.69. The molecule has 0 aliphatic carbocycles. The number of likely N-dealkylation sites (tertiary alicyclic amines) is 1. The van der Waals surface area contributed by atoms with Crippen molar-refractivity contribution in [2.45, 2.75) is 57.7 Å². The molecule has 2 aromatic heterocycles. The molecule has 2 aliphatic heterocycles. The van der Waals surface area contributed by atoms with E-state index in [1.165, 1.54) is 5.56 Å². The van der Waals surface area contributed by atoms with E-state index in [0.717, 1.165) is 68.5 Å². The van der Waals surface area contributed by atoms with Crippen molar-refractivity contribution in [2.75, 3.05) is 26.3 Å². The number of aromatic amines is 1. The number of rotatable bonds is 9. The molecule has 2 saturated heterocycles. The number of ether oxygens (including phenoxy) is 2. The number of benzene rings is 2. The van der Waals surface area contributed by atoms with E-state index in [1.54, 1.807) is 0 Å². The molecule has 0 unspecified atom stereocenters. The lowest BCUT2D eigenvalue weighted by molar-refractivity contribution is 0.0892. The Balaban J connectivity index is 1.33. The number of piperidine rings is 1. The standard InChI is InChI=1S/C30H36N6O3/c1-2-38-24-10-11-27-23(18-24)19-26(30(37)31-27)28(29-32-33-34-36(29)20-25-9-6-16-39-25)35-14-12-22(13-15-35)17-21-7-4-3-5-8-21/h3-5,7-8,10-11,18-19,22,25,28H,2,6,9,12-17,20H2,1H3,(H,31,37)/t25-,28-/m1/s1. The summed E-state index contributed by atoms with van der Waals surface area (Å²) in [7, 11) is 0. The molecule has 0 bridgehead atoms. The first-order valence-electron chi connectivity index (χ1n) is 14.1. The van der Waals surface area contributed by atoms with Gasteiger partial charge in [0.05, 0.1) is 19.3 Å². The predicted molar refractivity (Wildman–Crippen MR) is 149 cm³/mol. The van der Waals surface area contributed by atoms with E-state index in [-0.39, 0.29) is 17.7 Å². The molecule has 2 aliphatic rings. The largest absolute Gasteiger partial charge is 0.494 e. The lowest BCUT2D eigenvalue weighted by Crippen LogP contribution is -2.41. The Labute approximate surface area is 228 Å². The molecule has 2 fully saturated rings. The molecule has 0 amide bonds. The molecule has 1 N–H and O–H groups in total. The van der Waals surface area contributed by atoms with Crippen LogP contribution in [0.4, 0.5) is 0 Å². The van der Waals surface area contributed by atoms with Crippen LogP contribution in [0.25, 0.3) is 10.9 Å². The summed E-state index contributed by atoms with van der Waals surface area (Å²) in [6.45, 7) is 5.64. The Hall–Kier alpha value is -3.56. The monoisotopic (exact) mass is 528 g/mol. The van der Waals surface area contributed by atoms with Gasteiger partial charge in [0.1, 0.15) is 11.8 Å². The average molecular weight is 529 g/mol. The van der Waals surface area contributed by atoms with E-state index < -0.39 is 0 Å². The highest BCUT2D eigenvalue weighted by Gasteiger charge is 2.34. The van der Waals surface area contributed by atoms with Gasteiger partial charge in [0, 0.05) is 23.1 Å². The maximum absolute atomic E-state index is 13.6. The number of nitrogens with one attached hydrogen (secondary N) is 1. The highest BCUT2D eigenvalue weighted by Crippen LogP contribution is 2.33.